The summed E-state index contributed by atoms with van der Waals surface area (Å²) >= 11 is 1.07. The molecule has 6 heteroatoms. The fourth-order valence-corrected chi connectivity index (χ4v) is 1.44. The van der Waals surface area contributed by atoms with Crippen LogP contribution in [0.4, 0.5) is 0 Å². The van der Waals surface area contributed by atoms with Gasteiger partial charge >= 0.3 is 5.97 Å². The highest BCUT2D eigenvalue weighted by atomic mass is 32.2. The molecule has 0 aromatic carbocycles. The molecule has 1 amide bonds. The molecule has 0 spiro atoms. The van der Waals surface area contributed by atoms with Crippen molar-refractivity contribution in [2.75, 3.05) is 11.5 Å². The maximum Gasteiger partial charge on any atom is 0.313 e. The molecule has 1 aromatic heterocycles. The van der Waals surface area contributed by atoms with Gasteiger partial charge in [0.05, 0.1) is 24.0 Å². The van der Waals surface area contributed by atoms with Crippen LogP contribution in [-0.2, 0) is 16.1 Å². The number of carboxylic acids is 1. The lowest BCUT2D eigenvalue weighted by Gasteiger charge is -2.01. The highest BCUT2D eigenvalue weighted by Crippen LogP contribution is 2.01. The highest BCUT2D eigenvalue weighted by Gasteiger charge is 2.04. The molecular weight excluding hydrogens is 218 g/mol. The lowest BCUT2D eigenvalue weighted by molar-refractivity contribution is -0.133. The van der Waals surface area contributed by atoms with Crippen molar-refractivity contribution < 1.29 is 19.1 Å². The zero-order valence-corrected chi connectivity index (χ0v) is 8.75. The summed E-state index contributed by atoms with van der Waals surface area (Å²) in [5.74, 6) is -0.992. The number of amides is 1. The summed E-state index contributed by atoms with van der Waals surface area (Å²) in [7, 11) is 0. The number of hydrogen-bond acceptors (Lipinski definition) is 4. The van der Waals surface area contributed by atoms with Crippen LogP contribution < -0.4 is 5.32 Å². The van der Waals surface area contributed by atoms with Crippen LogP contribution in [-0.4, -0.2) is 28.5 Å². The van der Waals surface area contributed by atoms with E-state index in [0.717, 1.165) is 17.3 Å². The minimum Gasteiger partial charge on any atom is -0.481 e. The minimum atomic E-state index is -0.914. The minimum absolute atomic E-state index is 0.0564. The third-order valence-electron chi connectivity index (χ3n) is 1.53. The van der Waals surface area contributed by atoms with Crippen molar-refractivity contribution in [2.45, 2.75) is 6.54 Å². The third-order valence-corrected chi connectivity index (χ3v) is 2.45. The molecule has 0 radical (unpaired) electrons. The largest absolute Gasteiger partial charge is 0.481 e. The summed E-state index contributed by atoms with van der Waals surface area (Å²) in [6.07, 6.45) is 3.07. The molecule has 1 aromatic rings. The zero-order valence-electron chi connectivity index (χ0n) is 7.93. The Kier molecular flexibility index (Phi) is 4.76. The molecule has 82 valence electrons. The Morgan fingerprint density at radius 2 is 2.27 bits per heavy atom. The van der Waals surface area contributed by atoms with Gasteiger partial charge in [0.15, 0.2) is 0 Å². The van der Waals surface area contributed by atoms with Gasteiger partial charge in [0.25, 0.3) is 0 Å². The van der Waals surface area contributed by atoms with E-state index < -0.39 is 5.97 Å². The molecule has 0 aliphatic heterocycles. The molecule has 1 rings (SSSR count). The lowest BCUT2D eigenvalue weighted by Crippen LogP contribution is -2.24. The molecule has 2 N–H and O–H groups in total. The predicted molar refractivity (Wildman–Crippen MR) is 55.5 cm³/mol. The second-order valence-electron chi connectivity index (χ2n) is 2.79. The van der Waals surface area contributed by atoms with Gasteiger partial charge in [-0.25, -0.2) is 0 Å². The van der Waals surface area contributed by atoms with Crippen molar-refractivity contribution >= 4 is 23.6 Å². The normalized spacial score (nSPS) is 9.87. The van der Waals surface area contributed by atoms with E-state index in [1.807, 2.05) is 0 Å². The van der Waals surface area contributed by atoms with Crippen molar-refractivity contribution in [3.8, 4) is 0 Å². The maximum atomic E-state index is 11.2. The van der Waals surface area contributed by atoms with Crippen LogP contribution >= 0.6 is 11.8 Å². The second kappa shape index (κ2) is 6.13. The van der Waals surface area contributed by atoms with Gasteiger partial charge in [-0.2, -0.15) is 0 Å². The SMILES string of the molecule is O=C(O)CSCC(=O)NCc1ccoc1. The summed E-state index contributed by atoms with van der Waals surface area (Å²) in [5, 5.41) is 11.0. The number of hydrogen-bond donors (Lipinski definition) is 2. The monoisotopic (exact) mass is 229 g/mol. The standard InChI is InChI=1S/C9H11NO4S/c11-8(5-15-6-9(12)13)10-3-7-1-2-14-4-7/h1-2,4H,3,5-6H2,(H,10,11)(H,12,13). The fraction of sp³-hybridized carbons (Fsp3) is 0.333. The van der Waals surface area contributed by atoms with Crippen molar-refractivity contribution in [3.05, 3.63) is 24.2 Å². The highest BCUT2D eigenvalue weighted by molar-refractivity contribution is 8.00. The van der Waals surface area contributed by atoms with Gasteiger partial charge in [0.1, 0.15) is 0 Å². The quantitative estimate of drug-likeness (QED) is 0.751. The number of rotatable bonds is 6. The van der Waals surface area contributed by atoms with E-state index in [0.29, 0.717) is 6.54 Å². The number of nitrogens with one attached hydrogen (secondary N) is 1. The first kappa shape index (κ1) is 11.6. The van der Waals surface area contributed by atoms with Crippen LogP contribution in [0.15, 0.2) is 23.0 Å². The van der Waals surface area contributed by atoms with Crippen LogP contribution in [0.25, 0.3) is 0 Å². The van der Waals surface area contributed by atoms with E-state index in [2.05, 4.69) is 5.32 Å². The van der Waals surface area contributed by atoms with E-state index in [4.69, 9.17) is 9.52 Å². The average Bonchev–Trinajstić information content (AvgIpc) is 2.66. The number of furan rings is 1. The van der Waals surface area contributed by atoms with Gasteiger partial charge in [-0.05, 0) is 6.07 Å². The first-order valence-electron chi connectivity index (χ1n) is 4.26. The molecule has 0 unspecified atom stereocenters. The van der Waals surface area contributed by atoms with Gasteiger partial charge in [-0.1, -0.05) is 0 Å². The van der Waals surface area contributed by atoms with Crippen LogP contribution in [0.3, 0.4) is 0 Å². The molecular formula is C9H11NO4S. The molecule has 5 nitrogen and oxygen atoms in total. The molecule has 0 saturated heterocycles. The summed E-state index contributed by atoms with van der Waals surface area (Å²) in [4.78, 5) is 21.3. The number of aliphatic carboxylic acids is 1. The van der Waals surface area contributed by atoms with Gasteiger partial charge in [0.2, 0.25) is 5.91 Å². The predicted octanol–water partition coefficient (Wildman–Crippen LogP) is 0.714. The third kappa shape index (κ3) is 5.11. The first-order chi connectivity index (χ1) is 7.18. The van der Waals surface area contributed by atoms with Gasteiger partial charge in [-0.3, -0.25) is 9.59 Å². The zero-order chi connectivity index (χ0) is 11.1. The van der Waals surface area contributed by atoms with E-state index >= 15 is 0 Å². The first-order valence-corrected chi connectivity index (χ1v) is 5.41. The number of carbonyl (C=O) groups excluding carboxylic acids is 1. The summed E-state index contributed by atoms with van der Waals surface area (Å²) in [6, 6.07) is 1.75. The Morgan fingerprint density at radius 1 is 1.47 bits per heavy atom. The molecule has 0 fully saturated rings. The molecule has 0 aliphatic carbocycles. The molecule has 0 aliphatic rings. The number of thioether (sulfide) groups is 1. The Hall–Kier alpha value is -1.43. The number of carbonyl (C=O) groups is 2. The van der Waals surface area contributed by atoms with Crippen LogP contribution in [0.5, 0.6) is 0 Å². The van der Waals surface area contributed by atoms with Gasteiger partial charge < -0.3 is 14.8 Å². The van der Waals surface area contributed by atoms with Crippen molar-refractivity contribution in [1.82, 2.24) is 5.32 Å². The van der Waals surface area contributed by atoms with Crippen molar-refractivity contribution in [1.29, 1.82) is 0 Å². The molecule has 0 saturated carbocycles. The lowest BCUT2D eigenvalue weighted by atomic mass is 10.3. The Bertz CT molecular complexity index is 323. The van der Waals surface area contributed by atoms with E-state index in [1.54, 1.807) is 12.3 Å². The van der Waals surface area contributed by atoms with Crippen LogP contribution in [0, 0.1) is 0 Å². The second-order valence-corrected chi connectivity index (χ2v) is 3.78. The van der Waals surface area contributed by atoms with E-state index in [9.17, 15) is 9.59 Å². The van der Waals surface area contributed by atoms with Gasteiger partial charge in [-0.15, -0.1) is 11.8 Å². The van der Waals surface area contributed by atoms with E-state index in [-0.39, 0.29) is 17.4 Å². The summed E-state index contributed by atoms with van der Waals surface area (Å²) < 4.78 is 4.83. The Labute approximate surface area is 90.8 Å². The van der Waals surface area contributed by atoms with Gasteiger partial charge in [0, 0.05) is 12.1 Å². The van der Waals surface area contributed by atoms with Crippen molar-refractivity contribution in [3.63, 3.8) is 0 Å². The molecule has 15 heavy (non-hydrogen) atoms. The molecule has 0 bridgehead atoms. The topological polar surface area (TPSA) is 79.5 Å². The summed E-state index contributed by atoms with van der Waals surface area (Å²) in [6.45, 7) is 0.406. The Morgan fingerprint density at radius 3 is 2.87 bits per heavy atom. The van der Waals surface area contributed by atoms with Crippen molar-refractivity contribution in [2.24, 2.45) is 0 Å². The van der Waals surface area contributed by atoms with E-state index in [1.165, 1.54) is 6.26 Å². The van der Waals surface area contributed by atoms with Crippen LogP contribution in [0.2, 0.25) is 0 Å². The number of carboxylic acid groups (broad SMARTS) is 1. The smallest absolute Gasteiger partial charge is 0.313 e. The maximum absolute atomic E-state index is 11.2. The average molecular weight is 229 g/mol. The molecule has 1 heterocycles. The summed E-state index contributed by atoms with van der Waals surface area (Å²) in [5.41, 5.74) is 0.881. The Balaban J connectivity index is 2.11. The fourth-order valence-electron chi connectivity index (χ4n) is 0.876. The van der Waals surface area contributed by atoms with Crippen LogP contribution in [0.1, 0.15) is 5.56 Å². The molecule has 0 atom stereocenters.